The van der Waals surface area contributed by atoms with Crippen LogP contribution in [0.25, 0.3) is 0 Å². The predicted molar refractivity (Wildman–Crippen MR) is 64.1 cm³/mol. The lowest BCUT2D eigenvalue weighted by Crippen LogP contribution is -2.36. The third-order valence-electron chi connectivity index (χ3n) is 2.59. The highest BCUT2D eigenvalue weighted by Crippen LogP contribution is 2.30. The fourth-order valence-electron chi connectivity index (χ4n) is 1.67. The average Bonchev–Trinajstić information content (AvgIpc) is 2.38. The summed E-state index contributed by atoms with van der Waals surface area (Å²) in [6.45, 7) is 1.58. The first kappa shape index (κ1) is 12.5. The quantitative estimate of drug-likeness (QED) is 0.622. The molecular formula is C12H16N2O4. The summed E-state index contributed by atoms with van der Waals surface area (Å²) in [6.07, 6.45) is 0.663. The highest BCUT2D eigenvalue weighted by atomic mass is 16.6. The highest BCUT2D eigenvalue weighted by Gasteiger charge is 2.11. The molecule has 0 unspecified atom stereocenters. The van der Waals surface area contributed by atoms with Crippen molar-refractivity contribution >= 4 is 6.03 Å². The van der Waals surface area contributed by atoms with Crippen LogP contribution in [-0.4, -0.2) is 43.1 Å². The van der Waals surface area contributed by atoms with E-state index in [0.717, 1.165) is 17.1 Å². The molecule has 1 aromatic carbocycles. The van der Waals surface area contributed by atoms with Gasteiger partial charge >= 0.3 is 6.03 Å². The van der Waals surface area contributed by atoms with E-state index >= 15 is 0 Å². The lowest BCUT2D eigenvalue weighted by molar-refractivity contribution is -0.0181. The Balaban J connectivity index is 1.88. The zero-order chi connectivity index (χ0) is 13.0. The van der Waals surface area contributed by atoms with Crippen molar-refractivity contribution in [1.82, 2.24) is 10.4 Å². The summed E-state index contributed by atoms with van der Waals surface area (Å²) in [5.74, 6) is 1.49. The Bertz CT molecular complexity index is 434. The van der Waals surface area contributed by atoms with E-state index in [9.17, 15) is 4.79 Å². The fraction of sp³-hybridized carbons (Fsp3) is 0.417. The van der Waals surface area contributed by atoms with Crippen molar-refractivity contribution in [2.45, 2.75) is 6.42 Å². The van der Waals surface area contributed by atoms with Crippen LogP contribution in [0.5, 0.6) is 11.5 Å². The summed E-state index contributed by atoms with van der Waals surface area (Å²) in [6, 6.07) is 5.18. The van der Waals surface area contributed by atoms with Gasteiger partial charge in [-0.05, 0) is 24.1 Å². The molecular weight excluding hydrogens is 236 g/mol. The van der Waals surface area contributed by atoms with Gasteiger partial charge in [-0.25, -0.2) is 9.86 Å². The van der Waals surface area contributed by atoms with Crippen LogP contribution in [0.15, 0.2) is 18.2 Å². The van der Waals surface area contributed by atoms with E-state index in [2.05, 4.69) is 5.32 Å². The molecule has 0 fully saturated rings. The molecule has 1 aliphatic rings. The molecule has 18 heavy (non-hydrogen) atoms. The maximum atomic E-state index is 11.1. The van der Waals surface area contributed by atoms with Gasteiger partial charge in [0.2, 0.25) is 0 Å². The van der Waals surface area contributed by atoms with E-state index in [1.165, 1.54) is 7.05 Å². The number of hydrogen-bond donors (Lipinski definition) is 2. The minimum atomic E-state index is -0.521. The minimum absolute atomic E-state index is 0.448. The van der Waals surface area contributed by atoms with E-state index in [-0.39, 0.29) is 0 Å². The summed E-state index contributed by atoms with van der Waals surface area (Å²) >= 11 is 0. The average molecular weight is 252 g/mol. The van der Waals surface area contributed by atoms with Gasteiger partial charge in [0.05, 0.1) is 0 Å². The van der Waals surface area contributed by atoms with Gasteiger partial charge in [0.25, 0.3) is 0 Å². The Labute approximate surface area is 105 Å². The third-order valence-corrected chi connectivity index (χ3v) is 2.59. The summed E-state index contributed by atoms with van der Waals surface area (Å²) in [5, 5.41) is 12.0. The van der Waals surface area contributed by atoms with Crippen molar-refractivity contribution in [3.8, 4) is 11.5 Å². The summed E-state index contributed by atoms with van der Waals surface area (Å²) in [4.78, 5) is 11.1. The lowest BCUT2D eigenvalue weighted by Gasteiger charge is -2.19. The fourth-order valence-corrected chi connectivity index (χ4v) is 1.67. The van der Waals surface area contributed by atoms with Gasteiger partial charge in [0.15, 0.2) is 11.5 Å². The van der Waals surface area contributed by atoms with Gasteiger partial charge in [-0.15, -0.1) is 0 Å². The van der Waals surface area contributed by atoms with Crippen LogP contribution in [-0.2, 0) is 6.42 Å². The van der Waals surface area contributed by atoms with Gasteiger partial charge in [0.1, 0.15) is 13.2 Å². The molecule has 0 aromatic heterocycles. The van der Waals surface area contributed by atoms with Crippen LogP contribution in [0.2, 0.25) is 0 Å². The first-order valence-electron chi connectivity index (χ1n) is 5.76. The number of benzene rings is 1. The number of hydrogen-bond acceptors (Lipinski definition) is 4. The molecule has 2 rings (SSSR count). The molecule has 0 spiro atoms. The second kappa shape index (κ2) is 5.59. The molecule has 6 nitrogen and oxygen atoms in total. The zero-order valence-electron chi connectivity index (χ0n) is 10.2. The molecule has 0 radical (unpaired) electrons. The first-order valence-corrected chi connectivity index (χ1v) is 5.76. The maximum absolute atomic E-state index is 11.1. The number of fused-ring (bicyclic) bond motifs is 1. The van der Waals surface area contributed by atoms with Crippen molar-refractivity contribution in [2.24, 2.45) is 0 Å². The summed E-state index contributed by atoms with van der Waals surface area (Å²) in [7, 11) is 1.28. The van der Waals surface area contributed by atoms with Crippen LogP contribution >= 0.6 is 0 Å². The number of carbonyl (C=O) groups excluding carboxylic acids is 1. The van der Waals surface area contributed by atoms with Gasteiger partial charge in [-0.1, -0.05) is 6.07 Å². The topological polar surface area (TPSA) is 71.0 Å². The molecule has 2 N–H and O–H groups in total. The number of carbonyl (C=O) groups is 1. The predicted octanol–water partition coefficient (Wildman–Crippen LogP) is 1.03. The molecule has 0 aliphatic carbocycles. The number of nitrogens with one attached hydrogen (secondary N) is 1. The Kier molecular flexibility index (Phi) is 3.88. The van der Waals surface area contributed by atoms with Crippen molar-refractivity contribution in [3.05, 3.63) is 23.8 Å². The van der Waals surface area contributed by atoms with Crippen LogP contribution in [0.4, 0.5) is 4.79 Å². The number of amides is 2. The van der Waals surface area contributed by atoms with E-state index in [1.54, 1.807) is 0 Å². The van der Waals surface area contributed by atoms with Crippen molar-refractivity contribution in [2.75, 3.05) is 26.8 Å². The van der Waals surface area contributed by atoms with Crippen molar-refractivity contribution < 1.29 is 19.5 Å². The lowest BCUT2D eigenvalue weighted by atomic mass is 10.1. The van der Waals surface area contributed by atoms with E-state index in [0.29, 0.717) is 31.2 Å². The standard InChI is InChI=1S/C12H16N2O4/c1-14(16)12(15)13-5-4-9-2-3-10-11(8-9)18-7-6-17-10/h2-3,8,16H,4-7H2,1H3,(H,13,15). The second-order valence-corrected chi connectivity index (χ2v) is 3.98. The largest absolute Gasteiger partial charge is 0.486 e. The molecule has 0 atom stereocenters. The first-order chi connectivity index (χ1) is 8.66. The van der Waals surface area contributed by atoms with Gasteiger partial charge in [0, 0.05) is 13.6 Å². The number of nitrogens with zero attached hydrogens (tertiary/aromatic N) is 1. The number of rotatable bonds is 3. The van der Waals surface area contributed by atoms with Crippen molar-refractivity contribution in [3.63, 3.8) is 0 Å². The molecule has 1 aromatic rings. The molecule has 0 bridgehead atoms. The zero-order valence-corrected chi connectivity index (χ0v) is 10.2. The number of ether oxygens (including phenoxy) is 2. The Morgan fingerprint density at radius 2 is 2.11 bits per heavy atom. The smallest absolute Gasteiger partial charge is 0.340 e. The SMILES string of the molecule is CN(O)C(=O)NCCc1ccc2c(c1)OCCO2. The van der Waals surface area contributed by atoms with Gasteiger partial charge < -0.3 is 14.8 Å². The van der Waals surface area contributed by atoms with E-state index in [1.807, 2.05) is 18.2 Å². The third kappa shape index (κ3) is 3.04. The van der Waals surface area contributed by atoms with E-state index < -0.39 is 6.03 Å². The molecule has 6 heteroatoms. The molecule has 0 saturated carbocycles. The summed E-state index contributed by atoms with van der Waals surface area (Å²) < 4.78 is 10.9. The number of urea groups is 1. The molecule has 98 valence electrons. The molecule has 0 saturated heterocycles. The Hall–Kier alpha value is -1.95. The van der Waals surface area contributed by atoms with Gasteiger partial charge in [-0.3, -0.25) is 5.21 Å². The normalized spacial score (nSPS) is 13.0. The van der Waals surface area contributed by atoms with Crippen molar-refractivity contribution in [1.29, 1.82) is 0 Å². The molecule has 1 heterocycles. The van der Waals surface area contributed by atoms with E-state index in [4.69, 9.17) is 14.7 Å². The highest BCUT2D eigenvalue weighted by molar-refractivity contribution is 5.72. The maximum Gasteiger partial charge on any atom is 0.340 e. The van der Waals surface area contributed by atoms with Gasteiger partial charge in [-0.2, -0.15) is 0 Å². The summed E-state index contributed by atoms with van der Waals surface area (Å²) in [5.41, 5.74) is 1.04. The Morgan fingerprint density at radius 3 is 2.83 bits per heavy atom. The van der Waals surface area contributed by atoms with Crippen LogP contribution in [0.3, 0.4) is 0 Å². The minimum Gasteiger partial charge on any atom is -0.486 e. The number of hydroxylamine groups is 2. The monoisotopic (exact) mass is 252 g/mol. The Morgan fingerprint density at radius 1 is 1.39 bits per heavy atom. The van der Waals surface area contributed by atoms with Crippen LogP contribution in [0, 0.1) is 0 Å². The molecule has 1 aliphatic heterocycles. The molecule has 2 amide bonds. The second-order valence-electron chi connectivity index (χ2n) is 3.98. The van der Waals surface area contributed by atoms with Crippen LogP contribution < -0.4 is 14.8 Å². The van der Waals surface area contributed by atoms with Crippen LogP contribution in [0.1, 0.15) is 5.56 Å².